The molecule has 1 aromatic carbocycles. The molecule has 1 saturated heterocycles. The molecular weight excluding hydrogens is 308 g/mol. The summed E-state index contributed by atoms with van der Waals surface area (Å²) in [6.07, 6.45) is 0.0424. The first-order valence-electron chi connectivity index (χ1n) is 8.03. The molecule has 7 nitrogen and oxygen atoms in total. The monoisotopic (exact) mass is 330 g/mol. The maximum atomic E-state index is 12.1. The van der Waals surface area contributed by atoms with Crippen LogP contribution in [-0.4, -0.2) is 53.0 Å². The summed E-state index contributed by atoms with van der Waals surface area (Å²) in [5, 5.41) is 2.80. The second kappa shape index (κ2) is 6.60. The number of carbonyl (C=O) groups is 2. The highest BCUT2D eigenvalue weighted by Crippen LogP contribution is 2.21. The third-order valence-electron chi connectivity index (χ3n) is 4.61. The lowest BCUT2D eigenvalue weighted by atomic mass is 10.1. The summed E-state index contributed by atoms with van der Waals surface area (Å²) in [5.41, 5.74) is 4.29. The SMILES string of the molecule is COC(=O)C[C@H]1C(=O)NCCN1Cc1nc2c(C)c(C)ccc2[nH]1. The molecule has 0 spiro atoms. The van der Waals surface area contributed by atoms with Gasteiger partial charge < -0.3 is 15.0 Å². The van der Waals surface area contributed by atoms with Crippen LogP contribution in [0.15, 0.2) is 12.1 Å². The van der Waals surface area contributed by atoms with Crippen LogP contribution < -0.4 is 5.32 Å². The molecule has 3 rings (SSSR count). The van der Waals surface area contributed by atoms with E-state index in [2.05, 4.69) is 35.2 Å². The molecule has 2 heterocycles. The zero-order chi connectivity index (χ0) is 17.3. The van der Waals surface area contributed by atoms with Crippen LogP contribution in [0.1, 0.15) is 23.4 Å². The van der Waals surface area contributed by atoms with Crippen LogP contribution in [0.25, 0.3) is 11.0 Å². The molecule has 0 unspecified atom stereocenters. The molecule has 1 amide bonds. The van der Waals surface area contributed by atoms with Gasteiger partial charge >= 0.3 is 5.97 Å². The topological polar surface area (TPSA) is 87.3 Å². The van der Waals surface area contributed by atoms with Crippen molar-refractivity contribution in [3.8, 4) is 0 Å². The van der Waals surface area contributed by atoms with E-state index in [4.69, 9.17) is 4.74 Å². The number of fused-ring (bicyclic) bond motifs is 1. The third kappa shape index (κ3) is 3.12. The normalized spacial score (nSPS) is 18.6. The first-order chi connectivity index (χ1) is 11.5. The molecule has 0 aliphatic carbocycles. The summed E-state index contributed by atoms with van der Waals surface area (Å²) in [4.78, 5) is 33.7. The van der Waals surface area contributed by atoms with Crippen molar-refractivity contribution in [2.75, 3.05) is 20.2 Å². The fraction of sp³-hybridized carbons (Fsp3) is 0.471. The number of imidazole rings is 1. The molecule has 1 aromatic heterocycles. The van der Waals surface area contributed by atoms with Gasteiger partial charge in [0.2, 0.25) is 5.91 Å². The number of hydrogen-bond acceptors (Lipinski definition) is 5. The molecule has 2 aromatic rings. The number of ether oxygens (including phenoxy) is 1. The number of aryl methyl sites for hydroxylation is 2. The summed E-state index contributed by atoms with van der Waals surface area (Å²) in [6, 6.07) is 3.55. The van der Waals surface area contributed by atoms with E-state index in [1.165, 1.54) is 12.7 Å². The molecule has 128 valence electrons. The Bertz CT molecular complexity index is 783. The van der Waals surface area contributed by atoms with Crippen LogP contribution in [-0.2, 0) is 20.9 Å². The average molecular weight is 330 g/mol. The predicted octanol–water partition coefficient (Wildman–Crippen LogP) is 1.04. The lowest BCUT2D eigenvalue weighted by Gasteiger charge is -2.33. The van der Waals surface area contributed by atoms with Gasteiger partial charge in [0, 0.05) is 13.1 Å². The Morgan fingerprint density at radius 3 is 2.96 bits per heavy atom. The van der Waals surface area contributed by atoms with E-state index in [0.29, 0.717) is 19.6 Å². The zero-order valence-electron chi connectivity index (χ0n) is 14.2. The molecule has 1 aliphatic rings. The molecule has 0 radical (unpaired) electrons. The lowest BCUT2D eigenvalue weighted by molar-refractivity contribution is -0.146. The molecule has 0 saturated carbocycles. The molecule has 1 fully saturated rings. The standard InChI is InChI=1S/C17H22N4O3/c1-10-4-5-12-16(11(10)2)20-14(19-12)9-21-7-6-18-17(23)13(21)8-15(22)24-3/h4-5,13H,6-9H2,1-3H3,(H,18,23)(H,19,20)/t13-/m0/s1. The molecule has 2 N–H and O–H groups in total. The minimum atomic E-state index is -0.526. The van der Waals surface area contributed by atoms with Crippen LogP contribution in [0.2, 0.25) is 0 Å². The Morgan fingerprint density at radius 1 is 1.42 bits per heavy atom. The number of esters is 1. The van der Waals surface area contributed by atoms with E-state index >= 15 is 0 Å². The van der Waals surface area contributed by atoms with Crippen molar-refractivity contribution >= 4 is 22.9 Å². The van der Waals surface area contributed by atoms with Crippen LogP contribution in [0, 0.1) is 13.8 Å². The minimum Gasteiger partial charge on any atom is -0.469 e. The smallest absolute Gasteiger partial charge is 0.307 e. The fourth-order valence-electron chi connectivity index (χ4n) is 3.05. The van der Waals surface area contributed by atoms with Crippen molar-refractivity contribution in [2.24, 2.45) is 0 Å². The summed E-state index contributed by atoms with van der Waals surface area (Å²) in [5.74, 6) is 0.260. The number of piperazine rings is 1. The second-order valence-electron chi connectivity index (χ2n) is 6.14. The number of aromatic nitrogens is 2. The first kappa shape index (κ1) is 16.4. The van der Waals surface area contributed by atoms with Crippen molar-refractivity contribution in [2.45, 2.75) is 32.9 Å². The molecule has 24 heavy (non-hydrogen) atoms. The van der Waals surface area contributed by atoms with E-state index in [0.717, 1.165) is 22.4 Å². The Hall–Kier alpha value is -2.41. The second-order valence-corrected chi connectivity index (χ2v) is 6.14. The van der Waals surface area contributed by atoms with Gasteiger partial charge in [-0.15, -0.1) is 0 Å². The molecular formula is C17H22N4O3. The first-order valence-corrected chi connectivity index (χ1v) is 8.03. The van der Waals surface area contributed by atoms with Gasteiger partial charge in [0.1, 0.15) is 11.9 Å². The summed E-state index contributed by atoms with van der Waals surface area (Å²) in [6.45, 7) is 5.83. The fourth-order valence-corrected chi connectivity index (χ4v) is 3.05. The quantitative estimate of drug-likeness (QED) is 0.818. The van der Waals surface area contributed by atoms with Gasteiger partial charge in [0.05, 0.1) is 31.1 Å². The van der Waals surface area contributed by atoms with Crippen molar-refractivity contribution in [1.82, 2.24) is 20.2 Å². The van der Waals surface area contributed by atoms with E-state index in [1.54, 1.807) is 0 Å². The number of amides is 1. The number of hydrogen-bond donors (Lipinski definition) is 2. The predicted molar refractivity (Wildman–Crippen MR) is 89.4 cm³/mol. The highest BCUT2D eigenvalue weighted by molar-refractivity contribution is 5.87. The third-order valence-corrected chi connectivity index (χ3v) is 4.61. The number of aromatic amines is 1. The summed E-state index contributed by atoms with van der Waals surface area (Å²) >= 11 is 0. The van der Waals surface area contributed by atoms with Crippen molar-refractivity contribution in [3.05, 3.63) is 29.1 Å². The van der Waals surface area contributed by atoms with Crippen molar-refractivity contribution in [1.29, 1.82) is 0 Å². The molecule has 1 atom stereocenters. The number of methoxy groups -OCH3 is 1. The summed E-state index contributed by atoms with van der Waals surface area (Å²) in [7, 11) is 1.33. The van der Waals surface area contributed by atoms with Gasteiger partial charge in [0.15, 0.2) is 0 Å². The van der Waals surface area contributed by atoms with Crippen molar-refractivity contribution in [3.63, 3.8) is 0 Å². The molecule has 1 aliphatic heterocycles. The maximum Gasteiger partial charge on any atom is 0.307 e. The highest BCUT2D eigenvalue weighted by Gasteiger charge is 2.32. The van der Waals surface area contributed by atoms with Crippen LogP contribution in [0.3, 0.4) is 0 Å². The van der Waals surface area contributed by atoms with Crippen LogP contribution >= 0.6 is 0 Å². The van der Waals surface area contributed by atoms with Crippen LogP contribution in [0.5, 0.6) is 0 Å². The zero-order valence-corrected chi connectivity index (χ0v) is 14.2. The van der Waals surface area contributed by atoms with E-state index in [-0.39, 0.29) is 12.3 Å². The maximum absolute atomic E-state index is 12.1. The Labute approximate surface area is 140 Å². The number of rotatable bonds is 4. The van der Waals surface area contributed by atoms with Gasteiger partial charge in [-0.05, 0) is 31.0 Å². The van der Waals surface area contributed by atoms with E-state index in [1.807, 2.05) is 11.0 Å². The van der Waals surface area contributed by atoms with Gasteiger partial charge in [-0.2, -0.15) is 0 Å². The number of H-pyrrole nitrogens is 1. The Balaban J connectivity index is 1.83. The molecule has 0 bridgehead atoms. The minimum absolute atomic E-state index is 0.0424. The van der Waals surface area contributed by atoms with Gasteiger partial charge in [-0.1, -0.05) is 6.07 Å². The van der Waals surface area contributed by atoms with Crippen molar-refractivity contribution < 1.29 is 14.3 Å². The summed E-state index contributed by atoms with van der Waals surface area (Å²) < 4.78 is 4.71. The largest absolute Gasteiger partial charge is 0.469 e. The number of carbonyl (C=O) groups excluding carboxylic acids is 2. The number of nitrogens with one attached hydrogen (secondary N) is 2. The highest BCUT2D eigenvalue weighted by atomic mass is 16.5. The molecule has 7 heteroatoms. The van der Waals surface area contributed by atoms with Crippen LogP contribution in [0.4, 0.5) is 0 Å². The van der Waals surface area contributed by atoms with Gasteiger partial charge in [0.25, 0.3) is 0 Å². The Morgan fingerprint density at radius 2 is 2.21 bits per heavy atom. The average Bonchev–Trinajstić information content (AvgIpc) is 2.97. The van der Waals surface area contributed by atoms with Gasteiger partial charge in [-0.25, -0.2) is 4.98 Å². The number of nitrogens with zero attached hydrogens (tertiary/aromatic N) is 2. The van der Waals surface area contributed by atoms with E-state index < -0.39 is 12.0 Å². The lowest BCUT2D eigenvalue weighted by Crippen LogP contribution is -2.55. The van der Waals surface area contributed by atoms with E-state index in [9.17, 15) is 9.59 Å². The number of benzene rings is 1. The Kier molecular flexibility index (Phi) is 4.53. The van der Waals surface area contributed by atoms with Gasteiger partial charge in [-0.3, -0.25) is 14.5 Å².